The topological polar surface area (TPSA) is 67.4 Å². The largest absolute Gasteiger partial charge is 0.491 e. The first-order chi connectivity index (χ1) is 15.0. The van der Waals surface area contributed by atoms with Gasteiger partial charge in [0, 0.05) is 12.0 Å². The average Bonchev–Trinajstić information content (AvgIpc) is 2.79. The van der Waals surface area contributed by atoms with Crippen LogP contribution in [0.2, 0.25) is 0 Å². The number of benzene rings is 3. The van der Waals surface area contributed by atoms with Gasteiger partial charge in [0.15, 0.2) is 0 Å². The molecule has 31 heavy (non-hydrogen) atoms. The fourth-order valence-corrected chi connectivity index (χ4v) is 3.37. The number of rotatable bonds is 9. The molecule has 0 heterocycles. The molecular weight excluding hydrogens is 388 g/mol. The summed E-state index contributed by atoms with van der Waals surface area (Å²) in [7, 11) is 0. The maximum Gasteiger partial charge on any atom is 0.251 e. The van der Waals surface area contributed by atoms with E-state index < -0.39 is 6.04 Å². The zero-order chi connectivity index (χ0) is 22.1. The minimum absolute atomic E-state index is 0.238. The zero-order valence-electron chi connectivity index (χ0n) is 17.9. The number of carbonyl (C=O) groups excluding carboxylic acids is 2. The standard InChI is InChI=1S/C26H28N2O3/c1-19-10-9-11-20(2)24(19)31-17-16-27-26(30)23(18-21-12-5-3-6-13-21)28-25(29)22-14-7-4-8-15-22/h3-15,23H,16-18H2,1-2H3,(H,27,30)(H,28,29). The molecule has 1 atom stereocenters. The van der Waals surface area contributed by atoms with Crippen molar-refractivity contribution in [3.8, 4) is 5.75 Å². The van der Waals surface area contributed by atoms with Gasteiger partial charge in [-0.1, -0.05) is 66.7 Å². The van der Waals surface area contributed by atoms with Gasteiger partial charge in [0.25, 0.3) is 5.91 Å². The number of nitrogens with one attached hydrogen (secondary N) is 2. The molecule has 0 radical (unpaired) electrons. The lowest BCUT2D eigenvalue weighted by Gasteiger charge is -2.19. The van der Waals surface area contributed by atoms with Crippen molar-refractivity contribution in [2.24, 2.45) is 0 Å². The molecule has 0 spiro atoms. The van der Waals surface area contributed by atoms with Crippen LogP contribution in [0, 0.1) is 13.8 Å². The predicted molar refractivity (Wildman–Crippen MR) is 122 cm³/mol. The Kier molecular flexibility index (Phi) is 7.82. The molecule has 0 fully saturated rings. The van der Waals surface area contributed by atoms with E-state index >= 15 is 0 Å². The van der Waals surface area contributed by atoms with Crippen molar-refractivity contribution in [2.75, 3.05) is 13.2 Å². The third-order valence-electron chi connectivity index (χ3n) is 5.00. The van der Waals surface area contributed by atoms with E-state index in [0.29, 0.717) is 25.1 Å². The molecule has 5 heteroatoms. The van der Waals surface area contributed by atoms with Crippen LogP contribution in [-0.2, 0) is 11.2 Å². The van der Waals surface area contributed by atoms with E-state index in [9.17, 15) is 9.59 Å². The van der Waals surface area contributed by atoms with Crippen molar-refractivity contribution in [3.63, 3.8) is 0 Å². The van der Waals surface area contributed by atoms with Crippen LogP contribution < -0.4 is 15.4 Å². The smallest absolute Gasteiger partial charge is 0.251 e. The highest BCUT2D eigenvalue weighted by Gasteiger charge is 2.21. The van der Waals surface area contributed by atoms with E-state index in [1.54, 1.807) is 24.3 Å². The van der Waals surface area contributed by atoms with E-state index in [1.807, 2.05) is 68.4 Å². The quantitative estimate of drug-likeness (QED) is 0.521. The van der Waals surface area contributed by atoms with Crippen LogP contribution in [-0.4, -0.2) is 31.0 Å². The fourth-order valence-electron chi connectivity index (χ4n) is 3.37. The van der Waals surface area contributed by atoms with Gasteiger partial charge in [-0.05, 0) is 42.7 Å². The molecule has 3 aromatic rings. The lowest BCUT2D eigenvalue weighted by Crippen LogP contribution is -2.48. The van der Waals surface area contributed by atoms with Crippen LogP contribution in [0.15, 0.2) is 78.9 Å². The van der Waals surface area contributed by atoms with Crippen molar-refractivity contribution in [1.82, 2.24) is 10.6 Å². The van der Waals surface area contributed by atoms with Crippen molar-refractivity contribution in [2.45, 2.75) is 26.3 Å². The average molecular weight is 417 g/mol. The van der Waals surface area contributed by atoms with Crippen molar-refractivity contribution in [1.29, 1.82) is 0 Å². The van der Waals surface area contributed by atoms with Gasteiger partial charge in [0.05, 0.1) is 6.54 Å². The van der Waals surface area contributed by atoms with Crippen LogP contribution >= 0.6 is 0 Å². The minimum Gasteiger partial charge on any atom is -0.491 e. The third-order valence-corrected chi connectivity index (χ3v) is 5.00. The SMILES string of the molecule is Cc1cccc(C)c1OCCNC(=O)C(Cc1ccccc1)NC(=O)c1ccccc1. The van der Waals surface area contributed by atoms with Gasteiger partial charge in [0.1, 0.15) is 18.4 Å². The Labute approximate surface area is 183 Å². The van der Waals surface area contributed by atoms with Crippen molar-refractivity contribution >= 4 is 11.8 Å². The van der Waals surface area contributed by atoms with Crippen LogP contribution in [0.5, 0.6) is 5.75 Å². The monoisotopic (exact) mass is 416 g/mol. The molecule has 0 aromatic heterocycles. The van der Waals surface area contributed by atoms with Gasteiger partial charge in [-0.25, -0.2) is 0 Å². The molecule has 0 bridgehead atoms. The number of ether oxygens (including phenoxy) is 1. The van der Waals surface area contributed by atoms with Gasteiger partial charge >= 0.3 is 0 Å². The van der Waals surface area contributed by atoms with E-state index in [2.05, 4.69) is 10.6 Å². The summed E-state index contributed by atoms with van der Waals surface area (Å²) in [4.78, 5) is 25.5. The Bertz CT molecular complexity index is 983. The Morgan fingerprint density at radius 3 is 2.10 bits per heavy atom. The molecule has 5 nitrogen and oxygen atoms in total. The molecule has 0 aliphatic rings. The molecular formula is C26H28N2O3. The van der Waals surface area contributed by atoms with Gasteiger partial charge < -0.3 is 15.4 Å². The van der Waals surface area contributed by atoms with Crippen LogP contribution in [0.1, 0.15) is 27.0 Å². The van der Waals surface area contributed by atoms with Gasteiger partial charge in [-0.2, -0.15) is 0 Å². The van der Waals surface area contributed by atoms with E-state index in [-0.39, 0.29) is 11.8 Å². The number of para-hydroxylation sites is 1. The lowest BCUT2D eigenvalue weighted by atomic mass is 10.0. The third kappa shape index (κ3) is 6.44. The molecule has 0 aliphatic carbocycles. The number of hydrogen-bond acceptors (Lipinski definition) is 3. The van der Waals surface area contributed by atoms with E-state index in [1.165, 1.54) is 0 Å². The Balaban J connectivity index is 1.60. The molecule has 2 N–H and O–H groups in total. The first kappa shape index (κ1) is 22.1. The highest BCUT2D eigenvalue weighted by atomic mass is 16.5. The molecule has 0 saturated heterocycles. The molecule has 160 valence electrons. The molecule has 0 aliphatic heterocycles. The van der Waals surface area contributed by atoms with Crippen LogP contribution in [0.25, 0.3) is 0 Å². The number of carbonyl (C=O) groups is 2. The first-order valence-electron chi connectivity index (χ1n) is 10.4. The highest BCUT2D eigenvalue weighted by Crippen LogP contribution is 2.21. The van der Waals surface area contributed by atoms with E-state index in [4.69, 9.17) is 4.74 Å². The van der Waals surface area contributed by atoms with Gasteiger partial charge in [-0.15, -0.1) is 0 Å². The molecule has 3 rings (SSSR count). The Morgan fingerprint density at radius 2 is 1.45 bits per heavy atom. The summed E-state index contributed by atoms with van der Waals surface area (Å²) in [5, 5.41) is 5.76. The fraction of sp³-hybridized carbons (Fsp3) is 0.231. The van der Waals surface area contributed by atoms with Crippen molar-refractivity contribution in [3.05, 3.63) is 101 Å². The molecule has 0 saturated carbocycles. The summed E-state index contributed by atoms with van der Waals surface area (Å²) in [6.45, 7) is 4.69. The molecule has 1 unspecified atom stereocenters. The Morgan fingerprint density at radius 1 is 0.839 bits per heavy atom. The number of amides is 2. The van der Waals surface area contributed by atoms with E-state index in [0.717, 1.165) is 22.4 Å². The van der Waals surface area contributed by atoms with Crippen LogP contribution in [0.4, 0.5) is 0 Å². The lowest BCUT2D eigenvalue weighted by molar-refractivity contribution is -0.123. The summed E-state index contributed by atoms with van der Waals surface area (Å²) in [6.07, 6.45) is 0.406. The summed E-state index contributed by atoms with van der Waals surface area (Å²) < 4.78 is 5.86. The summed E-state index contributed by atoms with van der Waals surface area (Å²) in [5.74, 6) is 0.330. The first-order valence-corrected chi connectivity index (χ1v) is 10.4. The number of aryl methyl sites for hydroxylation is 2. The summed E-state index contributed by atoms with van der Waals surface area (Å²) in [6, 6.07) is 23.8. The van der Waals surface area contributed by atoms with Gasteiger partial charge in [0.2, 0.25) is 5.91 Å². The van der Waals surface area contributed by atoms with Crippen LogP contribution in [0.3, 0.4) is 0 Å². The minimum atomic E-state index is -0.685. The normalized spacial score (nSPS) is 11.4. The zero-order valence-corrected chi connectivity index (χ0v) is 17.9. The number of hydrogen-bond donors (Lipinski definition) is 2. The molecule has 2 amide bonds. The second-order valence-corrected chi connectivity index (χ2v) is 7.44. The second-order valence-electron chi connectivity index (χ2n) is 7.44. The highest BCUT2D eigenvalue weighted by molar-refractivity contribution is 5.97. The maximum atomic E-state index is 12.9. The maximum absolute atomic E-state index is 12.9. The second kappa shape index (κ2) is 11.0. The molecule has 3 aromatic carbocycles. The summed E-state index contributed by atoms with van der Waals surface area (Å²) >= 11 is 0. The van der Waals surface area contributed by atoms with Gasteiger partial charge in [-0.3, -0.25) is 9.59 Å². The Hall–Kier alpha value is -3.60. The predicted octanol–water partition coefficient (Wildman–Crippen LogP) is 3.84. The summed E-state index contributed by atoms with van der Waals surface area (Å²) in [5.41, 5.74) is 3.61. The van der Waals surface area contributed by atoms with Crippen molar-refractivity contribution < 1.29 is 14.3 Å².